The van der Waals surface area contributed by atoms with Gasteiger partial charge in [0.05, 0.1) is 6.10 Å². The van der Waals surface area contributed by atoms with E-state index in [1.165, 1.54) is 32.1 Å². The van der Waals surface area contributed by atoms with Gasteiger partial charge in [0.1, 0.15) is 0 Å². The van der Waals surface area contributed by atoms with Crippen LogP contribution in [0.1, 0.15) is 52.4 Å². The molecule has 1 aromatic rings. The van der Waals surface area contributed by atoms with E-state index in [2.05, 4.69) is 16.0 Å². The molecule has 26 heavy (non-hydrogen) atoms. The third kappa shape index (κ3) is 7.44. The zero-order valence-corrected chi connectivity index (χ0v) is 15.8. The molecule has 1 saturated carbocycles. The molecule has 1 aliphatic carbocycles. The minimum atomic E-state index is -0.235. The van der Waals surface area contributed by atoms with Crippen molar-refractivity contribution in [3.8, 4) is 0 Å². The van der Waals surface area contributed by atoms with Crippen LogP contribution in [-0.2, 0) is 9.53 Å². The molecule has 0 aliphatic heterocycles. The van der Waals surface area contributed by atoms with Crippen molar-refractivity contribution in [1.29, 1.82) is 0 Å². The second-order valence-corrected chi connectivity index (χ2v) is 7.09. The van der Waals surface area contributed by atoms with Gasteiger partial charge in [0, 0.05) is 30.4 Å². The van der Waals surface area contributed by atoms with Crippen LogP contribution in [0.5, 0.6) is 0 Å². The van der Waals surface area contributed by atoms with Crippen molar-refractivity contribution < 1.29 is 14.3 Å². The number of benzene rings is 1. The maximum Gasteiger partial charge on any atom is 0.319 e. The third-order valence-electron chi connectivity index (χ3n) is 4.45. The van der Waals surface area contributed by atoms with E-state index in [1.807, 2.05) is 13.8 Å². The molecule has 0 aromatic heterocycles. The van der Waals surface area contributed by atoms with Gasteiger partial charge in [-0.2, -0.15) is 0 Å². The zero-order chi connectivity index (χ0) is 18.8. The van der Waals surface area contributed by atoms with Gasteiger partial charge in [0.2, 0.25) is 5.91 Å². The lowest BCUT2D eigenvalue weighted by Gasteiger charge is -2.21. The highest BCUT2D eigenvalue weighted by atomic mass is 16.5. The Bertz CT molecular complexity index is 566. The van der Waals surface area contributed by atoms with Crippen LogP contribution in [0, 0.1) is 5.92 Å². The number of carbonyl (C=O) groups excluding carboxylic acids is 2. The number of amides is 3. The number of rotatable bonds is 8. The first-order valence-corrected chi connectivity index (χ1v) is 9.62. The van der Waals surface area contributed by atoms with Crippen molar-refractivity contribution in [3.05, 3.63) is 24.3 Å². The fourth-order valence-electron chi connectivity index (χ4n) is 2.85. The Morgan fingerprint density at radius 3 is 2.27 bits per heavy atom. The Morgan fingerprint density at radius 1 is 1.04 bits per heavy atom. The lowest BCUT2D eigenvalue weighted by Crippen LogP contribution is -2.30. The van der Waals surface area contributed by atoms with Crippen LogP contribution in [0.25, 0.3) is 0 Å². The molecule has 0 unspecified atom stereocenters. The predicted molar refractivity (Wildman–Crippen MR) is 104 cm³/mol. The number of urea groups is 1. The molecule has 2 rings (SSSR count). The van der Waals surface area contributed by atoms with E-state index >= 15 is 0 Å². The minimum Gasteiger partial charge on any atom is -0.378 e. The first-order valence-electron chi connectivity index (χ1n) is 9.62. The van der Waals surface area contributed by atoms with E-state index in [1.54, 1.807) is 24.3 Å². The summed E-state index contributed by atoms with van der Waals surface area (Å²) in [4.78, 5) is 23.5. The average molecular weight is 361 g/mol. The molecule has 0 spiro atoms. The molecule has 0 heterocycles. The number of nitrogens with one attached hydrogen (secondary N) is 3. The number of carbonyl (C=O) groups is 2. The van der Waals surface area contributed by atoms with E-state index in [4.69, 9.17) is 4.74 Å². The molecule has 1 aliphatic rings. The molecule has 3 N–H and O–H groups in total. The van der Waals surface area contributed by atoms with Crippen molar-refractivity contribution in [2.24, 2.45) is 5.92 Å². The first-order chi connectivity index (χ1) is 12.5. The summed E-state index contributed by atoms with van der Waals surface area (Å²) < 4.78 is 5.84. The Kier molecular flexibility index (Phi) is 8.41. The summed E-state index contributed by atoms with van der Waals surface area (Å²) in [5.41, 5.74) is 1.40. The van der Waals surface area contributed by atoms with E-state index in [0.717, 1.165) is 12.1 Å². The van der Waals surface area contributed by atoms with Crippen LogP contribution in [0.4, 0.5) is 16.2 Å². The molecule has 6 heteroatoms. The lowest BCUT2D eigenvalue weighted by atomic mass is 9.98. The number of hydrogen-bond donors (Lipinski definition) is 3. The van der Waals surface area contributed by atoms with E-state index in [9.17, 15) is 9.59 Å². The summed E-state index contributed by atoms with van der Waals surface area (Å²) in [5, 5.41) is 8.43. The van der Waals surface area contributed by atoms with Gasteiger partial charge in [-0.1, -0.05) is 33.1 Å². The van der Waals surface area contributed by atoms with E-state index in [0.29, 0.717) is 24.9 Å². The Labute approximate surface area is 156 Å². The van der Waals surface area contributed by atoms with Crippen molar-refractivity contribution in [2.45, 2.75) is 58.5 Å². The minimum absolute atomic E-state index is 0.0288. The van der Waals surface area contributed by atoms with Crippen LogP contribution in [0.3, 0.4) is 0 Å². The van der Waals surface area contributed by atoms with Gasteiger partial charge in [-0.15, -0.1) is 0 Å². The molecule has 3 amide bonds. The van der Waals surface area contributed by atoms with Crippen molar-refractivity contribution >= 4 is 23.3 Å². The standard InChI is InChI=1S/C20H31N3O3/c1-15(2)19(24)22-16-9-11-17(12-10-16)23-20(25)21-13-6-14-26-18-7-4-3-5-8-18/h9-12,15,18H,3-8,13-14H2,1-2H3,(H,22,24)(H2,21,23,25). The second kappa shape index (κ2) is 10.8. The second-order valence-electron chi connectivity index (χ2n) is 7.09. The Hall–Kier alpha value is -2.08. The summed E-state index contributed by atoms with van der Waals surface area (Å²) in [6.45, 7) is 4.96. The predicted octanol–water partition coefficient (Wildman–Crippen LogP) is 4.14. The average Bonchev–Trinajstić information content (AvgIpc) is 2.64. The van der Waals surface area contributed by atoms with Crippen LogP contribution in [0.15, 0.2) is 24.3 Å². The van der Waals surface area contributed by atoms with Crippen molar-refractivity contribution in [2.75, 3.05) is 23.8 Å². The van der Waals surface area contributed by atoms with Gasteiger partial charge >= 0.3 is 6.03 Å². The maximum atomic E-state index is 11.9. The van der Waals surface area contributed by atoms with Gasteiger partial charge < -0.3 is 20.7 Å². The molecule has 0 radical (unpaired) electrons. The van der Waals surface area contributed by atoms with Gasteiger partial charge in [-0.05, 0) is 43.5 Å². The first kappa shape index (κ1) is 20.2. The molecule has 6 nitrogen and oxygen atoms in total. The number of hydrogen-bond acceptors (Lipinski definition) is 3. The topological polar surface area (TPSA) is 79.5 Å². The fourth-order valence-corrected chi connectivity index (χ4v) is 2.85. The quantitative estimate of drug-likeness (QED) is 0.609. The van der Waals surface area contributed by atoms with Crippen LogP contribution >= 0.6 is 0 Å². The van der Waals surface area contributed by atoms with Crippen LogP contribution < -0.4 is 16.0 Å². The molecular weight excluding hydrogens is 330 g/mol. The highest BCUT2D eigenvalue weighted by Gasteiger charge is 2.13. The normalized spacial score (nSPS) is 14.9. The van der Waals surface area contributed by atoms with Gasteiger partial charge in [-0.3, -0.25) is 4.79 Å². The van der Waals surface area contributed by atoms with E-state index < -0.39 is 0 Å². The molecule has 144 valence electrons. The summed E-state index contributed by atoms with van der Waals surface area (Å²) in [6, 6.07) is 6.84. The van der Waals surface area contributed by atoms with Crippen molar-refractivity contribution in [3.63, 3.8) is 0 Å². The van der Waals surface area contributed by atoms with Crippen LogP contribution in [0.2, 0.25) is 0 Å². The Balaban J connectivity index is 1.60. The Morgan fingerprint density at radius 2 is 1.65 bits per heavy atom. The maximum absolute atomic E-state index is 11.9. The number of anilines is 2. The summed E-state index contributed by atoms with van der Waals surface area (Å²) in [6.07, 6.45) is 7.42. The number of ether oxygens (including phenoxy) is 1. The van der Waals surface area contributed by atoms with Gasteiger partial charge in [0.15, 0.2) is 0 Å². The summed E-state index contributed by atoms with van der Waals surface area (Å²) >= 11 is 0. The monoisotopic (exact) mass is 361 g/mol. The highest BCUT2D eigenvalue weighted by molar-refractivity contribution is 5.93. The molecular formula is C20H31N3O3. The van der Waals surface area contributed by atoms with E-state index in [-0.39, 0.29) is 17.9 Å². The van der Waals surface area contributed by atoms with Gasteiger partial charge in [-0.25, -0.2) is 4.79 Å². The highest BCUT2D eigenvalue weighted by Crippen LogP contribution is 2.20. The van der Waals surface area contributed by atoms with Gasteiger partial charge in [0.25, 0.3) is 0 Å². The molecule has 1 aromatic carbocycles. The SMILES string of the molecule is CC(C)C(=O)Nc1ccc(NC(=O)NCCCOC2CCCCC2)cc1. The molecule has 0 bridgehead atoms. The zero-order valence-electron chi connectivity index (χ0n) is 15.8. The van der Waals surface area contributed by atoms with Crippen molar-refractivity contribution in [1.82, 2.24) is 5.32 Å². The molecule has 0 saturated heterocycles. The van der Waals surface area contributed by atoms with Crippen LogP contribution in [-0.4, -0.2) is 31.2 Å². The largest absolute Gasteiger partial charge is 0.378 e. The smallest absolute Gasteiger partial charge is 0.319 e. The fraction of sp³-hybridized carbons (Fsp3) is 0.600. The molecule has 0 atom stereocenters. The molecule has 1 fully saturated rings. The lowest BCUT2D eigenvalue weighted by molar-refractivity contribution is -0.118. The third-order valence-corrected chi connectivity index (χ3v) is 4.45. The summed E-state index contributed by atoms with van der Waals surface area (Å²) in [7, 11) is 0. The summed E-state index contributed by atoms with van der Waals surface area (Å²) in [5.74, 6) is -0.0976.